The molecule has 0 N–H and O–H groups in total. The molecule has 0 atom stereocenters. The molecule has 20 heavy (non-hydrogen) atoms. The molecular formula is C13H17NO6. The Balaban J connectivity index is 1.90. The molecule has 7 heteroatoms. The van der Waals surface area contributed by atoms with E-state index in [4.69, 9.17) is 14.2 Å². The highest BCUT2D eigenvalue weighted by Gasteiger charge is 2.22. The number of rotatable bonds is 10. The molecule has 0 bridgehead atoms. The maximum Gasteiger partial charge on any atom is 0.330 e. The Bertz CT molecular complexity index is 386. The van der Waals surface area contributed by atoms with Gasteiger partial charge in [0.15, 0.2) is 0 Å². The smallest absolute Gasteiger partial charge is 0.330 e. The number of carbonyl (C=O) groups is 3. The van der Waals surface area contributed by atoms with Crippen molar-refractivity contribution >= 4 is 17.8 Å². The fourth-order valence-corrected chi connectivity index (χ4v) is 1.39. The van der Waals surface area contributed by atoms with Gasteiger partial charge in [-0.15, -0.1) is 0 Å². The zero-order chi connectivity index (χ0) is 14.8. The third-order valence-corrected chi connectivity index (χ3v) is 2.37. The van der Waals surface area contributed by atoms with Crippen LogP contribution >= 0.6 is 0 Å². The van der Waals surface area contributed by atoms with Gasteiger partial charge in [-0.2, -0.15) is 0 Å². The van der Waals surface area contributed by atoms with E-state index in [0.717, 1.165) is 11.0 Å². The monoisotopic (exact) mass is 283 g/mol. The van der Waals surface area contributed by atoms with Crippen molar-refractivity contribution in [1.29, 1.82) is 0 Å². The zero-order valence-electron chi connectivity index (χ0n) is 11.1. The van der Waals surface area contributed by atoms with Crippen molar-refractivity contribution < 1.29 is 28.6 Å². The molecule has 7 nitrogen and oxygen atoms in total. The predicted octanol–water partition coefficient (Wildman–Crippen LogP) is -0.326. The van der Waals surface area contributed by atoms with Gasteiger partial charge in [-0.25, -0.2) is 4.79 Å². The summed E-state index contributed by atoms with van der Waals surface area (Å²) in [4.78, 5) is 34.2. The molecule has 0 spiro atoms. The number of ether oxygens (including phenoxy) is 3. The SMILES string of the molecule is C=CC(=O)OCCOCCOCCN1C(=O)C=CC1=O. The van der Waals surface area contributed by atoms with Crippen LogP contribution in [0.4, 0.5) is 0 Å². The maximum atomic E-state index is 11.2. The number of nitrogens with zero attached hydrogens (tertiary/aromatic N) is 1. The second-order valence-electron chi connectivity index (χ2n) is 3.76. The van der Waals surface area contributed by atoms with Gasteiger partial charge in [-0.1, -0.05) is 6.58 Å². The molecule has 0 fully saturated rings. The zero-order valence-corrected chi connectivity index (χ0v) is 11.1. The van der Waals surface area contributed by atoms with E-state index in [2.05, 4.69) is 6.58 Å². The molecule has 2 amide bonds. The van der Waals surface area contributed by atoms with E-state index in [1.807, 2.05) is 0 Å². The quantitative estimate of drug-likeness (QED) is 0.236. The van der Waals surface area contributed by atoms with Gasteiger partial charge in [0.2, 0.25) is 0 Å². The molecule has 1 aliphatic heterocycles. The fraction of sp³-hybridized carbons (Fsp3) is 0.462. The lowest BCUT2D eigenvalue weighted by Crippen LogP contribution is -2.33. The minimum Gasteiger partial charge on any atom is -0.460 e. The Morgan fingerprint density at radius 3 is 2.20 bits per heavy atom. The Hall–Kier alpha value is -1.99. The first kappa shape index (κ1) is 16.1. The second-order valence-corrected chi connectivity index (χ2v) is 3.76. The Morgan fingerprint density at radius 1 is 1.05 bits per heavy atom. The van der Waals surface area contributed by atoms with Gasteiger partial charge in [-0.05, 0) is 0 Å². The van der Waals surface area contributed by atoms with Crippen molar-refractivity contribution in [2.24, 2.45) is 0 Å². The first-order valence-electron chi connectivity index (χ1n) is 6.13. The summed E-state index contributed by atoms with van der Waals surface area (Å²) in [7, 11) is 0. The van der Waals surface area contributed by atoms with Gasteiger partial charge in [0.25, 0.3) is 11.8 Å². The Labute approximate surface area is 116 Å². The van der Waals surface area contributed by atoms with Crippen molar-refractivity contribution in [1.82, 2.24) is 4.90 Å². The number of hydrogen-bond donors (Lipinski definition) is 0. The van der Waals surface area contributed by atoms with Gasteiger partial charge in [0.05, 0.1) is 33.0 Å². The molecule has 0 aliphatic carbocycles. The van der Waals surface area contributed by atoms with Crippen LogP contribution in [0.5, 0.6) is 0 Å². The van der Waals surface area contributed by atoms with E-state index in [1.54, 1.807) is 0 Å². The minimum absolute atomic E-state index is 0.160. The van der Waals surface area contributed by atoms with Gasteiger partial charge >= 0.3 is 5.97 Å². The lowest BCUT2D eigenvalue weighted by Gasteiger charge is -2.13. The van der Waals surface area contributed by atoms with E-state index in [-0.39, 0.29) is 38.2 Å². The number of amides is 2. The van der Waals surface area contributed by atoms with E-state index in [0.29, 0.717) is 13.2 Å². The van der Waals surface area contributed by atoms with Gasteiger partial charge in [0.1, 0.15) is 6.61 Å². The van der Waals surface area contributed by atoms with Crippen molar-refractivity contribution in [3.8, 4) is 0 Å². The summed E-state index contributed by atoms with van der Waals surface area (Å²) in [6, 6.07) is 0. The van der Waals surface area contributed by atoms with Crippen molar-refractivity contribution in [3.63, 3.8) is 0 Å². The Kier molecular flexibility index (Phi) is 7.23. The van der Waals surface area contributed by atoms with Gasteiger partial charge in [0, 0.05) is 18.2 Å². The molecular weight excluding hydrogens is 266 g/mol. The molecule has 0 aromatic rings. The van der Waals surface area contributed by atoms with E-state index in [9.17, 15) is 14.4 Å². The highest BCUT2D eigenvalue weighted by molar-refractivity contribution is 6.12. The van der Waals surface area contributed by atoms with Crippen molar-refractivity contribution in [2.45, 2.75) is 0 Å². The van der Waals surface area contributed by atoms with Crippen LogP contribution in [0.3, 0.4) is 0 Å². The summed E-state index contributed by atoms with van der Waals surface area (Å²) >= 11 is 0. The van der Waals surface area contributed by atoms with Gasteiger partial charge < -0.3 is 14.2 Å². The Morgan fingerprint density at radius 2 is 1.60 bits per heavy atom. The normalized spacial score (nSPS) is 13.9. The second kappa shape index (κ2) is 9.00. The van der Waals surface area contributed by atoms with Crippen LogP contribution in [0.25, 0.3) is 0 Å². The standard InChI is InChI=1S/C13H17NO6/c1-2-13(17)20-10-9-19-8-7-18-6-5-14-11(15)3-4-12(14)16/h2-4H,1,5-10H2. The van der Waals surface area contributed by atoms with Crippen molar-refractivity contribution in [3.05, 3.63) is 24.8 Å². The van der Waals surface area contributed by atoms with E-state index < -0.39 is 5.97 Å². The summed E-state index contributed by atoms with van der Waals surface area (Å²) in [5, 5.41) is 0. The molecule has 0 saturated heterocycles. The minimum atomic E-state index is -0.488. The van der Waals surface area contributed by atoms with Crippen molar-refractivity contribution in [2.75, 3.05) is 39.6 Å². The van der Waals surface area contributed by atoms with Crippen LogP contribution in [0.2, 0.25) is 0 Å². The average molecular weight is 283 g/mol. The number of imide groups is 1. The molecule has 110 valence electrons. The molecule has 1 aliphatic rings. The van der Waals surface area contributed by atoms with E-state index in [1.165, 1.54) is 12.2 Å². The molecule has 0 unspecified atom stereocenters. The maximum absolute atomic E-state index is 11.2. The average Bonchev–Trinajstić information content (AvgIpc) is 2.76. The summed E-state index contributed by atoms with van der Waals surface area (Å²) in [5.41, 5.74) is 0. The predicted molar refractivity (Wildman–Crippen MR) is 68.7 cm³/mol. The van der Waals surface area contributed by atoms with Crippen LogP contribution in [0.1, 0.15) is 0 Å². The summed E-state index contributed by atoms with van der Waals surface area (Å²) < 4.78 is 15.1. The highest BCUT2D eigenvalue weighted by Crippen LogP contribution is 2.02. The molecule has 1 rings (SSSR count). The molecule has 0 aromatic carbocycles. The summed E-state index contributed by atoms with van der Waals surface area (Å²) in [6.45, 7) is 4.85. The van der Waals surface area contributed by atoms with Crippen LogP contribution in [0.15, 0.2) is 24.8 Å². The van der Waals surface area contributed by atoms with Crippen LogP contribution < -0.4 is 0 Å². The molecule has 1 heterocycles. The van der Waals surface area contributed by atoms with Crippen LogP contribution in [-0.2, 0) is 28.6 Å². The number of hydrogen-bond acceptors (Lipinski definition) is 6. The lowest BCUT2D eigenvalue weighted by atomic mass is 10.5. The highest BCUT2D eigenvalue weighted by atomic mass is 16.6. The third kappa shape index (κ3) is 5.77. The summed E-state index contributed by atoms with van der Waals surface area (Å²) in [5.74, 6) is -1.13. The van der Waals surface area contributed by atoms with Crippen LogP contribution in [0, 0.1) is 0 Å². The third-order valence-electron chi connectivity index (χ3n) is 2.37. The topological polar surface area (TPSA) is 82.1 Å². The first-order valence-corrected chi connectivity index (χ1v) is 6.13. The molecule has 0 radical (unpaired) electrons. The largest absolute Gasteiger partial charge is 0.460 e. The fourth-order valence-electron chi connectivity index (χ4n) is 1.39. The number of esters is 1. The summed E-state index contributed by atoms with van der Waals surface area (Å²) in [6.07, 6.45) is 3.55. The van der Waals surface area contributed by atoms with E-state index >= 15 is 0 Å². The van der Waals surface area contributed by atoms with Gasteiger partial charge in [-0.3, -0.25) is 14.5 Å². The first-order chi connectivity index (χ1) is 9.65. The number of carbonyl (C=O) groups excluding carboxylic acids is 3. The lowest BCUT2D eigenvalue weighted by molar-refractivity contribution is -0.140. The molecule has 0 saturated carbocycles. The van der Waals surface area contributed by atoms with Crippen LogP contribution in [-0.4, -0.2) is 62.3 Å². The molecule has 0 aromatic heterocycles.